The van der Waals surface area contributed by atoms with Crippen LogP contribution in [-0.2, 0) is 18.0 Å². The number of rotatable bonds is 4. The molecule has 1 N–H and O–H groups in total. The van der Waals surface area contributed by atoms with Gasteiger partial charge in [0.25, 0.3) is 0 Å². The van der Waals surface area contributed by atoms with Crippen LogP contribution in [0.15, 0.2) is 42.5 Å². The Bertz CT molecular complexity index is 612. The molecule has 2 aromatic carbocycles. The second-order valence-electron chi connectivity index (χ2n) is 5.03. The highest BCUT2D eigenvalue weighted by Crippen LogP contribution is 2.31. The average Bonchev–Trinajstić information content (AvgIpc) is 2.93. The van der Waals surface area contributed by atoms with Gasteiger partial charge in [-0.2, -0.15) is 0 Å². The fourth-order valence-electron chi connectivity index (χ4n) is 2.69. The van der Waals surface area contributed by atoms with Gasteiger partial charge in [-0.1, -0.05) is 54.9 Å². The monoisotopic (exact) mass is 287 g/mol. The van der Waals surface area contributed by atoms with Crippen molar-refractivity contribution < 1.29 is 4.74 Å². The molecule has 0 bridgehead atoms. The van der Waals surface area contributed by atoms with E-state index in [0.717, 1.165) is 23.7 Å². The Balaban J connectivity index is 2.01. The van der Waals surface area contributed by atoms with Crippen molar-refractivity contribution in [2.24, 2.45) is 0 Å². The van der Waals surface area contributed by atoms with Crippen LogP contribution in [0, 0.1) is 0 Å². The van der Waals surface area contributed by atoms with Gasteiger partial charge in [-0.05, 0) is 34.9 Å². The Labute approximate surface area is 124 Å². The maximum absolute atomic E-state index is 6.36. The topological polar surface area (TPSA) is 21.3 Å². The summed E-state index contributed by atoms with van der Waals surface area (Å²) in [4.78, 5) is 0. The highest BCUT2D eigenvalue weighted by molar-refractivity contribution is 6.31. The first-order valence-electron chi connectivity index (χ1n) is 6.97. The fourth-order valence-corrected chi connectivity index (χ4v) is 2.94. The molecule has 0 aliphatic carbocycles. The van der Waals surface area contributed by atoms with Crippen LogP contribution in [0.3, 0.4) is 0 Å². The van der Waals surface area contributed by atoms with Gasteiger partial charge in [-0.3, -0.25) is 0 Å². The third kappa shape index (κ3) is 2.59. The van der Waals surface area contributed by atoms with Crippen molar-refractivity contribution in [3.8, 4) is 0 Å². The third-order valence-electron chi connectivity index (χ3n) is 3.70. The second-order valence-corrected chi connectivity index (χ2v) is 5.44. The van der Waals surface area contributed by atoms with Crippen LogP contribution < -0.4 is 5.32 Å². The van der Waals surface area contributed by atoms with E-state index in [0.29, 0.717) is 6.61 Å². The van der Waals surface area contributed by atoms with Crippen LogP contribution in [-0.4, -0.2) is 6.54 Å². The van der Waals surface area contributed by atoms with Crippen LogP contribution in [0.2, 0.25) is 5.02 Å². The molecule has 0 spiro atoms. The van der Waals surface area contributed by atoms with Crippen molar-refractivity contribution in [3.63, 3.8) is 0 Å². The van der Waals surface area contributed by atoms with E-state index in [-0.39, 0.29) is 6.04 Å². The molecule has 0 amide bonds. The van der Waals surface area contributed by atoms with E-state index in [1.54, 1.807) is 0 Å². The quantitative estimate of drug-likeness (QED) is 0.915. The van der Waals surface area contributed by atoms with Crippen molar-refractivity contribution in [2.75, 3.05) is 6.54 Å². The molecule has 2 aromatic rings. The molecule has 2 nitrogen and oxygen atoms in total. The van der Waals surface area contributed by atoms with Crippen LogP contribution in [0.25, 0.3) is 0 Å². The van der Waals surface area contributed by atoms with Gasteiger partial charge in [0.1, 0.15) is 0 Å². The van der Waals surface area contributed by atoms with Crippen LogP contribution >= 0.6 is 11.6 Å². The molecular weight excluding hydrogens is 270 g/mol. The minimum Gasteiger partial charge on any atom is -0.372 e. The Morgan fingerprint density at radius 1 is 1.15 bits per heavy atom. The Kier molecular flexibility index (Phi) is 4.06. The number of nitrogens with one attached hydrogen (secondary N) is 1. The molecule has 1 aliphatic heterocycles. The average molecular weight is 288 g/mol. The zero-order valence-electron chi connectivity index (χ0n) is 11.5. The van der Waals surface area contributed by atoms with Crippen molar-refractivity contribution in [1.82, 2.24) is 5.32 Å². The first kappa shape index (κ1) is 13.6. The molecule has 104 valence electrons. The summed E-state index contributed by atoms with van der Waals surface area (Å²) in [5, 5.41) is 4.32. The van der Waals surface area contributed by atoms with E-state index in [4.69, 9.17) is 16.3 Å². The number of benzene rings is 2. The van der Waals surface area contributed by atoms with Gasteiger partial charge in [0.2, 0.25) is 0 Å². The maximum Gasteiger partial charge on any atom is 0.0725 e. The Morgan fingerprint density at radius 3 is 2.75 bits per heavy atom. The van der Waals surface area contributed by atoms with Gasteiger partial charge < -0.3 is 10.1 Å². The van der Waals surface area contributed by atoms with Crippen LogP contribution in [0.1, 0.15) is 35.2 Å². The smallest absolute Gasteiger partial charge is 0.0725 e. The minimum absolute atomic E-state index is 0.125. The van der Waals surface area contributed by atoms with Crippen LogP contribution in [0.5, 0.6) is 0 Å². The molecule has 0 fully saturated rings. The van der Waals surface area contributed by atoms with Crippen molar-refractivity contribution in [3.05, 3.63) is 69.7 Å². The van der Waals surface area contributed by atoms with Crippen molar-refractivity contribution in [2.45, 2.75) is 26.2 Å². The van der Waals surface area contributed by atoms with Gasteiger partial charge in [0, 0.05) is 5.02 Å². The molecule has 0 saturated carbocycles. The molecule has 1 aliphatic rings. The van der Waals surface area contributed by atoms with E-state index in [9.17, 15) is 0 Å². The summed E-state index contributed by atoms with van der Waals surface area (Å²) in [6, 6.07) is 14.7. The largest absolute Gasteiger partial charge is 0.372 e. The molecule has 1 unspecified atom stereocenters. The first-order chi connectivity index (χ1) is 9.79. The summed E-state index contributed by atoms with van der Waals surface area (Å²) >= 11 is 6.36. The number of hydrogen-bond donors (Lipinski definition) is 1. The van der Waals surface area contributed by atoms with Gasteiger partial charge in [-0.15, -0.1) is 0 Å². The molecule has 20 heavy (non-hydrogen) atoms. The fraction of sp³-hybridized carbons (Fsp3) is 0.294. The van der Waals surface area contributed by atoms with E-state index < -0.39 is 0 Å². The lowest BCUT2D eigenvalue weighted by Crippen LogP contribution is -2.22. The SMILES string of the molecule is CCNC(c1ccc2c(c1)COC2)c1ccccc1Cl. The normalized spacial score (nSPS) is 15.1. The third-order valence-corrected chi connectivity index (χ3v) is 4.05. The molecule has 3 rings (SSSR count). The number of halogens is 1. The van der Waals surface area contributed by atoms with Gasteiger partial charge in [-0.25, -0.2) is 0 Å². The highest BCUT2D eigenvalue weighted by atomic mass is 35.5. The Hall–Kier alpha value is -1.35. The summed E-state index contributed by atoms with van der Waals surface area (Å²) in [5.41, 5.74) is 4.94. The van der Waals surface area contributed by atoms with Gasteiger partial charge >= 0.3 is 0 Å². The first-order valence-corrected chi connectivity index (χ1v) is 7.34. The summed E-state index contributed by atoms with van der Waals surface area (Å²) in [6.45, 7) is 4.45. The number of fused-ring (bicyclic) bond motifs is 1. The molecule has 0 saturated heterocycles. The van der Waals surface area contributed by atoms with Crippen molar-refractivity contribution in [1.29, 1.82) is 0 Å². The molecule has 3 heteroatoms. The van der Waals surface area contributed by atoms with Crippen LogP contribution in [0.4, 0.5) is 0 Å². The summed E-state index contributed by atoms with van der Waals surface area (Å²) in [5.74, 6) is 0. The number of ether oxygens (including phenoxy) is 1. The highest BCUT2D eigenvalue weighted by Gasteiger charge is 2.18. The Morgan fingerprint density at radius 2 is 1.95 bits per heavy atom. The van der Waals surface area contributed by atoms with E-state index in [1.807, 2.05) is 18.2 Å². The molecule has 1 heterocycles. The molecular formula is C17H18ClNO. The standard InChI is InChI=1S/C17H18ClNO/c1-2-19-17(15-5-3-4-6-16(15)18)12-7-8-13-10-20-11-14(13)9-12/h3-9,17,19H,2,10-11H2,1H3. The number of hydrogen-bond acceptors (Lipinski definition) is 2. The lowest BCUT2D eigenvalue weighted by molar-refractivity contribution is 0.134. The summed E-state index contributed by atoms with van der Waals surface area (Å²) < 4.78 is 5.49. The van der Waals surface area contributed by atoms with Gasteiger partial charge in [0.15, 0.2) is 0 Å². The van der Waals surface area contributed by atoms with E-state index in [2.05, 4.69) is 36.5 Å². The second kappa shape index (κ2) is 5.96. The lowest BCUT2D eigenvalue weighted by Gasteiger charge is -2.20. The molecule has 1 atom stereocenters. The predicted octanol–water partition coefficient (Wildman–Crippen LogP) is 4.07. The van der Waals surface area contributed by atoms with Gasteiger partial charge in [0.05, 0.1) is 19.3 Å². The van der Waals surface area contributed by atoms with E-state index in [1.165, 1.54) is 16.7 Å². The minimum atomic E-state index is 0.125. The zero-order chi connectivity index (χ0) is 13.9. The molecule has 0 aromatic heterocycles. The van der Waals surface area contributed by atoms with Crippen molar-refractivity contribution >= 4 is 11.6 Å². The summed E-state index contributed by atoms with van der Waals surface area (Å²) in [6.07, 6.45) is 0. The molecule has 0 radical (unpaired) electrons. The van der Waals surface area contributed by atoms with E-state index >= 15 is 0 Å². The maximum atomic E-state index is 6.36. The lowest BCUT2D eigenvalue weighted by atomic mass is 9.95. The zero-order valence-corrected chi connectivity index (χ0v) is 12.3. The summed E-state index contributed by atoms with van der Waals surface area (Å²) in [7, 11) is 0. The predicted molar refractivity (Wildman–Crippen MR) is 81.9 cm³/mol.